The molecule has 0 aliphatic carbocycles. The molecule has 58 valence electrons. The molecule has 11 heavy (non-hydrogen) atoms. The van der Waals surface area contributed by atoms with E-state index in [9.17, 15) is 4.91 Å². The highest BCUT2D eigenvalue weighted by molar-refractivity contribution is 5.09. The quantitative estimate of drug-likeness (QED) is 0.645. The molecule has 0 aromatic carbocycles. The van der Waals surface area contributed by atoms with Crippen molar-refractivity contribution in [3.63, 3.8) is 0 Å². The SMILES string of the molecule is NC(Cc1cccnc1)N=O. The van der Waals surface area contributed by atoms with Crippen LogP contribution in [0.25, 0.3) is 0 Å². The maximum atomic E-state index is 9.91. The van der Waals surface area contributed by atoms with Gasteiger partial charge in [-0.3, -0.25) is 4.98 Å². The van der Waals surface area contributed by atoms with E-state index in [0.29, 0.717) is 6.42 Å². The van der Waals surface area contributed by atoms with Crippen LogP contribution in [0.2, 0.25) is 0 Å². The number of pyridine rings is 1. The molecule has 0 aliphatic heterocycles. The first-order chi connectivity index (χ1) is 5.33. The lowest BCUT2D eigenvalue weighted by atomic mass is 10.2. The van der Waals surface area contributed by atoms with Crippen LogP contribution in [0.1, 0.15) is 5.56 Å². The molecule has 1 unspecified atom stereocenters. The van der Waals surface area contributed by atoms with Gasteiger partial charge in [0.25, 0.3) is 0 Å². The zero-order valence-corrected chi connectivity index (χ0v) is 5.97. The molecule has 1 heterocycles. The van der Waals surface area contributed by atoms with Gasteiger partial charge in [0.2, 0.25) is 0 Å². The second-order valence-corrected chi connectivity index (χ2v) is 2.24. The Balaban J connectivity index is 2.57. The third-order valence-corrected chi connectivity index (χ3v) is 1.30. The highest BCUT2D eigenvalue weighted by atomic mass is 16.3. The Morgan fingerprint density at radius 3 is 3.09 bits per heavy atom. The molecule has 0 fully saturated rings. The van der Waals surface area contributed by atoms with Gasteiger partial charge in [0.1, 0.15) is 6.17 Å². The van der Waals surface area contributed by atoms with E-state index in [0.717, 1.165) is 5.56 Å². The van der Waals surface area contributed by atoms with Gasteiger partial charge >= 0.3 is 0 Å². The van der Waals surface area contributed by atoms with Crippen LogP contribution in [0, 0.1) is 4.91 Å². The van der Waals surface area contributed by atoms with Crippen molar-refractivity contribution in [1.82, 2.24) is 4.98 Å². The predicted molar refractivity (Wildman–Crippen MR) is 41.7 cm³/mol. The van der Waals surface area contributed by atoms with E-state index in [4.69, 9.17) is 5.73 Å². The second-order valence-electron chi connectivity index (χ2n) is 2.24. The van der Waals surface area contributed by atoms with Crippen molar-refractivity contribution in [2.75, 3.05) is 0 Å². The van der Waals surface area contributed by atoms with E-state index in [1.807, 2.05) is 6.07 Å². The molecule has 0 saturated carbocycles. The Morgan fingerprint density at radius 1 is 1.73 bits per heavy atom. The molecular weight excluding hydrogens is 142 g/mol. The minimum Gasteiger partial charge on any atom is -0.307 e. The molecule has 0 radical (unpaired) electrons. The summed E-state index contributed by atoms with van der Waals surface area (Å²) in [7, 11) is 0. The van der Waals surface area contributed by atoms with Crippen LogP contribution in [0.15, 0.2) is 29.7 Å². The Labute approximate surface area is 64.4 Å². The van der Waals surface area contributed by atoms with Crippen LogP contribution in [-0.4, -0.2) is 11.1 Å². The fourth-order valence-electron chi connectivity index (χ4n) is 0.798. The normalized spacial score (nSPS) is 12.5. The number of hydrogen-bond acceptors (Lipinski definition) is 4. The maximum Gasteiger partial charge on any atom is 0.143 e. The lowest BCUT2D eigenvalue weighted by Gasteiger charge is -2.00. The number of hydrogen-bond donors (Lipinski definition) is 1. The van der Waals surface area contributed by atoms with Gasteiger partial charge in [-0.1, -0.05) is 11.2 Å². The monoisotopic (exact) mass is 151 g/mol. The summed E-state index contributed by atoms with van der Waals surface area (Å²) in [5.74, 6) is 0. The molecule has 1 aromatic rings. The van der Waals surface area contributed by atoms with E-state index < -0.39 is 6.17 Å². The first kappa shape index (κ1) is 7.81. The van der Waals surface area contributed by atoms with Crippen LogP contribution >= 0.6 is 0 Å². The van der Waals surface area contributed by atoms with E-state index in [2.05, 4.69) is 10.2 Å². The number of aromatic nitrogens is 1. The summed E-state index contributed by atoms with van der Waals surface area (Å²) in [6, 6.07) is 3.66. The fraction of sp³-hybridized carbons (Fsp3) is 0.286. The zero-order valence-electron chi connectivity index (χ0n) is 5.97. The maximum absolute atomic E-state index is 9.91. The van der Waals surface area contributed by atoms with Crippen molar-refractivity contribution < 1.29 is 0 Å². The molecule has 0 spiro atoms. The Morgan fingerprint density at radius 2 is 2.55 bits per heavy atom. The lowest BCUT2D eigenvalue weighted by Crippen LogP contribution is -2.19. The second kappa shape index (κ2) is 3.78. The minimum absolute atomic E-state index is 0.456. The molecule has 1 aromatic heterocycles. The topological polar surface area (TPSA) is 68.3 Å². The van der Waals surface area contributed by atoms with Crippen molar-refractivity contribution in [2.24, 2.45) is 10.9 Å². The summed E-state index contributed by atoms with van der Waals surface area (Å²) in [5.41, 5.74) is 6.23. The van der Waals surface area contributed by atoms with Crippen LogP contribution in [-0.2, 0) is 6.42 Å². The van der Waals surface area contributed by atoms with Gasteiger partial charge in [-0.25, -0.2) is 0 Å². The summed E-state index contributed by atoms with van der Waals surface area (Å²) in [4.78, 5) is 13.8. The lowest BCUT2D eigenvalue weighted by molar-refractivity contribution is 0.698. The number of nitroso groups, excluding NO2 is 1. The molecule has 0 saturated heterocycles. The molecule has 4 nitrogen and oxygen atoms in total. The minimum atomic E-state index is -0.654. The fourth-order valence-corrected chi connectivity index (χ4v) is 0.798. The largest absolute Gasteiger partial charge is 0.307 e. The summed E-state index contributed by atoms with van der Waals surface area (Å²) < 4.78 is 0. The summed E-state index contributed by atoms with van der Waals surface area (Å²) in [5, 5.41) is 2.68. The summed E-state index contributed by atoms with van der Waals surface area (Å²) in [6.07, 6.45) is 3.14. The Kier molecular flexibility index (Phi) is 2.68. The van der Waals surface area contributed by atoms with E-state index >= 15 is 0 Å². The third-order valence-electron chi connectivity index (χ3n) is 1.30. The van der Waals surface area contributed by atoms with Crippen LogP contribution in [0.3, 0.4) is 0 Å². The van der Waals surface area contributed by atoms with Crippen LogP contribution < -0.4 is 5.73 Å². The number of nitrogens with zero attached hydrogens (tertiary/aromatic N) is 2. The Bertz CT molecular complexity index is 224. The van der Waals surface area contributed by atoms with Gasteiger partial charge in [0.05, 0.1) is 0 Å². The highest BCUT2D eigenvalue weighted by Crippen LogP contribution is 1.99. The first-order valence-corrected chi connectivity index (χ1v) is 3.30. The smallest absolute Gasteiger partial charge is 0.143 e. The molecular formula is C7H9N3O. The van der Waals surface area contributed by atoms with Crippen molar-refractivity contribution in [2.45, 2.75) is 12.6 Å². The Hall–Kier alpha value is -1.29. The molecule has 0 aliphatic rings. The van der Waals surface area contributed by atoms with E-state index in [-0.39, 0.29) is 0 Å². The van der Waals surface area contributed by atoms with E-state index in [1.165, 1.54) is 0 Å². The summed E-state index contributed by atoms with van der Waals surface area (Å²) in [6.45, 7) is 0. The van der Waals surface area contributed by atoms with Gasteiger partial charge in [-0.15, -0.1) is 4.91 Å². The molecule has 1 rings (SSSR count). The van der Waals surface area contributed by atoms with Gasteiger partial charge in [-0.2, -0.15) is 0 Å². The van der Waals surface area contributed by atoms with Crippen molar-refractivity contribution >= 4 is 0 Å². The average Bonchev–Trinajstić information content (AvgIpc) is 2.06. The summed E-state index contributed by atoms with van der Waals surface area (Å²) >= 11 is 0. The first-order valence-electron chi connectivity index (χ1n) is 3.30. The van der Waals surface area contributed by atoms with Crippen LogP contribution in [0.5, 0.6) is 0 Å². The van der Waals surface area contributed by atoms with Crippen molar-refractivity contribution in [3.05, 3.63) is 35.0 Å². The number of rotatable bonds is 3. The number of nitrogens with two attached hydrogens (primary N) is 1. The molecule has 0 bridgehead atoms. The standard InChI is InChI=1S/C7H9N3O/c8-7(10-11)4-6-2-1-3-9-5-6/h1-3,5,7H,4,8H2. The van der Waals surface area contributed by atoms with Gasteiger partial charge < -0.3 is 5.73 Å². The van der Waals surface area contributed by atoms with Crippen molar-refractivity contribution in [3.8, 4) is 0 Å². The molecule has 0 amide bonds. The zero-order chi connectivity index (χ0) is 8.10. The van der Waals surface area contributed by atoms with Gasteiger partial charge in [0, 0.05) is 18.8 Å². The molecule has 1 atom stereocenters. The average molecular weight is 151 g/mol. The molecule has 4 heteroatoms. The predicted octanol–water partition coefficient (Wildman–Crippen LogP) is 0.675. The molecule has 2 N–H and O–H groups in total. The van der Waals surface area contributed by atoms with Gasteiger partial charge in [0.15, 0.2) is 0 Å². The highest BCUT2D eigenvalue weighted by Gasteiger charge is 2.01. The van der Waals surface area contributed by atoms with Crippen LogP contribution in [0.4, 0.5) is 0 Å². The third kappa shape index (κ3) is 2.43. The van der Waals surface area contributed by atoms with Gasteiger partial charge in [-0.05, 0) is 11.6 Å². The van der Waals surface area contributed by atoms with Crippen molar-refractivity contribution in [1.29, 1.82) is 0 Å². The van der Waals surface area contributed by atoms with E-state index in [1.54, 1.807) is 18.5 Å².